The highest BCUT2D eigenvalue weighted by molar-refractivity contribution is 5.70. The molecular weight excluding hydrogens is 248 g/mol. The van der Waals surface area contributed by atoms with E-state index < -0.39 is 4.92 Å². The molecule has 0 spiro atoms. The fourth-order valence-corrected chi connectivity index (χ4v) is 1.75. The minimum absolute atomic E-state index is 0.0553. The molecule has 0 saturated heterocycles. The van der Waals surface area contributed by atoms with Crippen LogP contribution in [0.5, 0.6) is 0 Å². The van der Waals surface area contributed by atoms with Crippen molar-refractivity contribution in [1.29, 1.82) is 0 Å². The lowest BCUT2D eigenvalue weighted by atomic mass is 10.1. The summed E-state index contributed by atoms with van der Waals surface area (Å²) >= 11 is 0. The Kier molecular flexibility index (Phi) is 3.57. The average molecular weight is 262 g/mol. The summed E-state index contributed by atoms with van der Waals surface area (Å²) in [6.45, 7) is 3.66. The zero-order valence-electron chi connectivity index (χ0n) is 10.7. The number of hydrogen-bond acceptors (Lipinski definition) is 6. The first-order valence-electron chi connectivity index (χ1n) is 5.88. The molecule has 2 rings (SSSR count). The molecule has 1 aromatic heterocycles. The maximum absolute atomic E-state index is 11.0. The molecule has 0 saturated carbocycles. The summed E-state index contributed by atoms with van der Waals surface area (Å²) in [4.78, 5) is 14.7. The van der Waals surface area contributed by atoms with E-state index in [9.17, 15) is 10.1 Å². The number of nitro benzene ring substituents is 1. The third-order valence-electron chi connectivity index (χ3n) is 2.87. The van der Waals surface area contributed by atoms with Crippen LogP contribution in [-0.4, -0.2) is 15.1 Å². The number of rotatable bonds is 4. The fourth-order valence-electron chi connectivity index (χ4n) is 1.75. The highest BCUT2D eigenvalue weighted by Gasteiger charge is 2.23. The van der Waals surface area contributed by atoms with Gasteiger partial charge in [-0.1, -0.05) is 24.2 Å². The largest absolute Gasteiger partial charge is 0.334 e. The van der Waals surface area contributed by atoms with E-state index in [4.69, 9.17) is 10.3 Å². The molecule has 1 heterocycles. The van der Waals surface area contributed by atoms with Crippen LogP contribution in [0.15, 0.2) is 22.7 Å². The van der Waals surface area contributed by atoms with Crippen LogP contribution >= 0.6 is 0 Å². The molecule has 0 radical (unpaired) electrons. The fraction of sp³-hybridized carbons (Fsp3) is 0.333. The van der Waals surface area contributed by atoms with Crippen LogP contribution in [0.4, 0.5) is 5.69 Å². The second-order valence-corrected chi connectivity index (χ2v) is 4.20. The number of aryl methyl sites for hydroxylation is 1. The molecule has 0 amide bonds. The van der Waals surface area contributed by atoms with E-state index >= 15 is 0 Å². The van der Waals surface area contributed by atoms with Crippen LogP contribution < -0.4 is 5.73 Å². The third-order valence-corrected chi connectivity index (χ3v) is 2.87. The van der Waals surface area contributed by atoms with Crippen molar-refractivity contribution >= 4 is 5.69 Å². The summed E-state index contributed by atoms with van der Waals surface area (Å²) in [6.07, 6.45) is 0.662. The van der Waals surface area contributed by atoms with E-state index in [0.29, 0.717) is 23.4 Å². The van der Waals surface area contributed by atoms with Gasteiger partial charge in [0.2, 0.25) is 0 Å². The van der Waals surface area contributed by atoms with Crippen molar-refractivity contribution in [2.75, 3.05) is 0 Å². The first kappa shape index (κ1) is 13.2. The zero-order chi connectivity index (χ0) is 14.0. The summed E-state index contributed by atoms with van der Waals surface area (Å²) in [5, 5.41) is 14.8. The predicted molar refractivity (Wildman–Crippen MR) is 68.3 cm³/mol. The molecule has 0 aliphatic heterocycles. The van der Waals surface area contributed by atoms with Crippen LogP contribution in [0.3, 0.4) is 0 Å². The molecule has 2 N–H and O–H groups in total. The summed E-state index contributed by atoms with van der Waals surface area (Å²) in [7, 11) is 0. The Hall–Kier alpha value is -2.28. The lowest BCUT2D eigenvalue weighted by Crippen LogP contribution is -2.10. The van der Waals surface area contributed by atoms with Gasteiger partial charge in [0.05, 0.1) is 11.0 Å². The molecule has 1 aromatic carbocycles. The monoisotopic (exact) mass is 262 g/mol. The number of nitrogens with zero attached hydrogens (tertiary/aromatic N) is 3. The topological polar surface area (TPSA) is 108 Å². The lowest BCUT2D eigenvalue weighted by Gasteiger charge is -2.02. The van der Waals surface area contributed by atoms with Crippen LogP contribution in [0, 0.1) is 17.0 Å². The van der Waals surface area contributed by atoms with Gasteiger partial charge in [0, 0.05) is 6.07 Å². The second-order valence-electron chi connectivity index (χ2n) is 4.20. The smallest absolute Gasteiger partial charge is 0.282 e. The van der Waals surface area contributed by atoms with Crippen molar-refractivity contribution in [2.24, 2.45) is 5.73 Å². The van der Waals surface area contributed by atoms with Crippen molar-refractivity contribution in [2.45, 2.75) is 26.3 Å². The minimum atomic E-state index is -0.466. The van der Waals surface area contributed by atoms with Gasteiger partial charge in [-0.05, 0) is 18.9 Å². The van der Waals surface area contributed by atoms with Gasteiger partial charge in [0.15, 0.2) is 5.82 Å². The molecule has 1 atom stereocenters. The van der Waals surface area contributed by atoms with Gasteiger partial charge in [0.1, 0.15) is 5.56 Å². The van der Waals surface area contributed by atoms with Gasteiger partial charge in [0.25, 0.3) is 11.6 Å². The van der Waals surface area contributed by atoms with E-state index in [1.807, 2.05) is 6.92 Å². The Bertz CT molecular complexity index is 609. The van der Waals surface area contributed by atoms with Gasteiger partial charge in [-0.15, -0.1) is 0 Å². The van der Waals surface area contributed by atoms with Crippen molar-refractivity contribution in [1.82, 2.24) is 10.1 Å². The van der Waals surface area contributed by atoms with E-state index in [-0.39, 0.29) is 17.6 Å². The molecule has 0 aliphatic rings. The van der Waals surface area contributed by atoms with Gasteiger partial charge in [-0.3, -0.25) is 10.1 Å². The van der Waals surface area contributed by atoms with Crippen LogP contribution in [0.2, 0.25) is 0 Å². The maximum Gasteiger partial charge on any atom is 0.282 e. The minimum Gasteiger partial charge on any atom is -0.334 e. The van der Waals surface area contributed by atoms with Crippen LogP contribution in [0.25, 0.3) is 11.5 Å². The SMILES string of the molecule is CCC(N)c1noc(-c2c(C)cccc2[N+](=O)[O-])n1. The summed E-state index contributed by atoms with van der Waals surface area (Å²) in [6, 6.07) is 4.45. The maximum atomic E-state index is 11.0. The van der Waals surface area contributed by atoms with E-state index in [1.54, 1.807) is 19.1 Å². The Labute approximate surface area is 109 Å². The molecule has 2 aromatic rings. The normalized spacial score (nSPS) is 12.4. The Balaban J connectivity index is 2.53. The number of nitrogens with two attached hydrogens (primary N) is 1. The van der Waals surface area contributed by atoms with Crippen LogP contribution in [-0.2, 0) is 0 Å². The zero-order valence-corrected chi connectivity index (χ0v) is 10.7. The Morgan fingerprint density at radius 2 is 2.26 bits per heavy atom. The first-order valence-corrected chi connectivity index (χ1v) is 5.88. The highest BCUT2D eigenvalue weighted by Crippen LogP contribution is 2.32. The number of hydrogen-bond donors (Lipinski definition) is 1. The Morgan fingerprint density at radius 1 is 1.53 bits per heavy atom. The van der Waals surface area contributed by atoms with Crippen LogP contribution in [0.1, 0.15) is 30.8 Å². The molecule has 1 unspecified atom stereocenters. The van der Waals surface area contributed by atoms with Gasteiger partial charge >= 0.3 is 0 Å². The van der Waals surface area contributed by atoms with Crippen molar-refractivity contribution in [3.05, 3.63) is 39.7 Å². The molecule has 7 nitrogen and oxygen atoms in total. The summed E-state index contributed by atoms with van der Waals surface area (Å²) in [5.41, 5.74) is 6.79. The number of nitro groups is 1. The molecule has 0 fully saturated rings. The van der Waals surface area contributed by atoms with Gasteiger partial charge < -0.3 is 10.3 Å². The molecule has 7 heteroatoms. The van der Waals surface area contributed by atoms with Gasteiger partial charge in [-0.25, -0.2) is 0 Å². The van der Waals surface area contributed by atoms with E-state index in [0.717, 1.165) is 0 Å². The third kappa shape index (κ3) is 2.45. The number of benzene rings is 1. The quantitative estimate of drug-likeness (QED) is 0.669. The molecule has 100 valence electrons. The molecular formula is C12H14N4O3. The predicted octanol–water partition coefficient (Wildman–Crippen LogP) is 2.36. The lowest BCUT2D eigenvalue weighted by molar-refractivity contribution is -0.384. The molecule has 0 bridgehead atoms. The molecule has 19 heavy (non-hydrogen) atoms. The first-order chi connectivity index (χ1) is 9.04. The van der Waals surface area contributed by atoms with Crippen molar-refractivity contribution in [3.63, 3.8) is 0 Å². The van der Waals surface area contributed by atoms with E-state index in [1.165, 1.54) is 6.07 Å². The standard InChI is InChI=1S/C12H14N4O3/c1-3-8(13)11-14-12(19-15-11)10-7(2)5-4-6-9(10)16(17)18/h4-6,8H,3,13H2,1-2H3. The summed E-state index contributed by atoms with van der Waals surface area (Å²) < 4.78 is 5.10. The second kappa shape index (κ2) is 5.15. The van der Waals surface area contributed by atoms with Gasteiger partial charge in [-0.2, -0.15) is 4.98 Å². The molecule has 0 aliphatic carbocycles. The Morgan fingerprint density at radius 3 is 2.89 bits per heavy atom. The van der Waals surface area contributed by atoms with Crippen molar-refractivity contribution in [3.8, 4) is 11.5 Å². The van der Waals surface area contributed by atoms with E-state index in [2.05, 4.69) is 10.1 Å². The highest BCUT2D eigenvalue weighted by atomic mass is 16.6. The van der Waals surface area contributed by atoms with Crippen molar-refractivity contribution < 1.29 is 9.45 Å². The number of aromatic nitrogens is 2. The average Bonchev–Trinajstić information content (AvgIpc) is 2.86. The summed E-state index contributed by atoms with van der Waals surface area (Å²) in [5.74, 6) is 0.485.